The normalized spacial score (nSPS) is 17.7. The van der Waals surface area contributed by atoms with Gasteiger partial charge in [0.2, 0.25) is 18.0 Å². The van der Waals surface area contributed by atoms with Crippen LogP contribution in [0, 0.1) is 11.6 Å². The van der Waals surface area contributed by atoms with E-state index in [0.717, 1.165) is 13.2 Å². The maximum atomic E-state index is 14.0. The average Bonchev–Trinajstić information content (AvgIpc) is 3.28. The van der Waals surface area contributed by atoms with Crippen LogP contribution in [0.25, 0.3) is 0 Å². The number of Topliss-reactive ketones (excluding diaryl/α,β-unsaturated/α-hetero) is 1. The molecule has 1 fully saturated rings. The number of fused-ring (bicyclic) bond motifs is 2. The minimum absolute atomic E-state index is 0.0803. The topological polar surface area (TPSA) is 140 Å². The van der Waals surface area contributed by atoms with E-state index in [1.807, 2.05) is 0 Å². The van der Waals surface area contributed by atoms with Crippen LogP contribution in [0.3, 0.4) is 0 Å². The number of rotatable bonds is 9. The number of carbonyl (C=O) groups is 4. The Morgan fingerprint density at radius 1 is 1.15 bits per heavy atom. The number of hydrogen-bond donors (Lipinski definition) is 0. The van der Waals surface area contributed by atoms with Crippen LogP contribution in [-0.4, -0.2) is 72.7 Å². The minimum atomic E-state index is -1.31. The number of hydrogen-bond acceptors (Lipinski definition) is 10. The Kier molecular flexibility index (Phi) is 8.24. The summed E-state index contributed by atoms with van der Waals surface area (Å²) in [6, 6.07) is 2.65. The lowest BCUT2D eigenvalue weighted by Crippen LogP contribution is -2.49. The van der Waals surface area contributed by atoms with Crippen LogP contribution in [0.4, 0.5) is 13.6 Å². The second-order valence-electron chi connectivity index (χ2n) is 8.73. The summed E-state index contributed by atoms with van der Waals surface area (Å²) in [6.45, 7) is 0.494. The number of amides is 1. The lowest BCUT2D eigenvalue weighted by molar-refractivity contribution is -0.145. The van der Waals surface area contributed by atoms with Crippen LogP contribution in [0.15, 0.2) is 29.2 Å². The largest absolute Gasteiger partial charge is 0.511 e. The molecule has 4 rings (SSSR count). The first-order valence-corrected chi connectivity index (χ1v) is 11.8. The lowest BCUT2D eigenvalue weighted by atomic mass is 10.0. The second kappa shape index (κ2) is 11.6. The molecule has 0 spiro atoms. The SMILES string of the molecule is COC(=O)COC(=O)OCOc1c2n(cc(C(=O)CCc3ccc(F)cc3F)c1=O)C[C@H]1OC[C@H](C)N1C2=O. The predicted molar refractivity (Wildman–Crippen MR) is 125 cm³/mol. The Hall–Kier alpha value is -4.33. The van der Waals surface area contributed by atoms with Gasteiger partial charge in [-0.15, -0.1) is 0 Å². The van der Waals surface area contributed by atoms with E-state index in [1.165, 1.54) is 21.7 Å². The molecule has 0 N–H and O–H groups in total. The molecule has 1 amide bonds. The van der Waals surface area contributed by atoms with Gasteiger partial charge in [-0.3, -0.25) is 14.4 Å². The first-order chi connectivity index (χ1) is 18.6. The third kappa shape index (κ3) is 5.90. The van der Waals surface area contributed by atoms with Gasteiger partial charge in [0.05, 0.1) is 31.9 Å². The monoisotopic (exact) mass is 550 g/mol. The molecule has 2 aromatic rings. The number of esters is 1. The van der Waals surface area contributed by atoms with Crippen LogP contribution >= 0.6 is 0 Å². The van der Waals surface area contributed by atoms with E-state index in [1.54, 1.807) is 6.92 Å². The van der Waals surface area contributed by atoms with E-state index in [2.05, 4.69) is 9.47 Å². The van der Waals surface area contributed by atoms with Crippen LogP contribution in [0.1, 0.15) is 39.8 Å². The molecule has 12 nitrogen and oxygen atoms in total. The molecule has 0 aliphatic carbocycles. The molecule has 3 heterocycles. The fraction of sp³-hybridized carbons (Fsp3) is 0.400. The Morgan fingerprint density at radius 3 is 2.64 bits per heavy atom. The fourth-order valence-electron chi connectivity index (χ4n) is 4.25. The third-order valence-electron chi connectivity index (χ3n) is 6.20. The summed E-state index contributed by atoms with van der Waals surface area (Å²) in [7, 11) is 1.09. The summed E-state index contributed by atoms with van der Waals surface area (Å²) in [6.07, 6.45) is -1.16. The number of benzene rings is 1. The molecule has 0 unspecified atom stereocenters. The molecule has 2 aliphatic rings. The van der Waals surface area contributed by atoms with Gasteiger partial charge in [0.15, 0.2) is 24.3 Å². The zero-order chi connectivity index (χ0) is 28.3. The van der Waals surface area contributed by atoms with Crippen LogP contribution in [-0.2, 0) is 36.7 Å². The maximum absolute atomic E-state index is 14.0. The van der Waals surface area contributed by atoms with Gasteiger partial charge in [-0.2, -0.15) is 0 Å². The number of ketones is 1. The smallest absolute Gasteiger partial charge is 0.466 e. The van der Waals surface area contributed by atoms with Gasteiger partial charge in [0.25, 0.3) is 5.91 Å². The van der Waals surface area contributed by atoms with E-state index >= 15 is 0 Å². The summed E-state index contributed by atoms with van der Waals surface area (Å²) in [5.74, 6) is -4.26. The van der Waals surface area contributed by atoms with Crippen molar-refractivity contribution in [1.29, 1.82) is 0 Å². The van der Waals surface area contributed by atoms with E-state index in [-0.39, 0.29) is 48.9 Å². The van der Waals surface area contributed by atoms with Crippen molar-refractivity contribution in [2.75, 3.05) is 27.1 Å². The van der Waals surface area contributed by atoms with E-state index in [4.69, 9.17) is 14.2 Å². The molecule has 0 bridgehead atoms. The van der Waals surface area contributed by atoms with Crippen molar-refractivity contribution in [2.24, 2.45) is 0 Å². The standard InChI is InChI=1S/C25H24F2N2O10/c1-13-10-36-19-9-28-8-16(18(30)6-4-14-3-5-15(26)7-17(14)27)22(32)23(21(28)24(33)29(13)19)38-12-39-25(34)37-11-20(31)35-2/h3,5,7-8,13,19H,4,6,9-12H2,1-2H3/t13-,19+/m0/s1. The lowest BCUT2D eigenvalue weighted by Gasteiger charge is -2.34. The maximum Gasteiger partial charge on any atom is 0.511 e. The van der Waals surface area contributed by atoms with Crippen molar-refractivity contribution in [1.82, 2.24) is 9.47 Å². The molecule has 208 valence electrons. The van der Waals surface area contributed by atoms with Crippen molar-refractivity contribution >= 4 is 23.8 Å². The molecule has 0 radical (unpaired) electrons. The number of methoxy groups -OCH3 is 1. The number of nitrogens with zero attached hydrogens (tertiary/aromatic N) is 2. The fourth-order valence-corrected chi connectivity index (χ4v) is 4.25. The third-order valence-corrected chi connectivity index (χ3v) is 6.20. The van der Waals surface area contributed by atoms with Crippen LogP contribution in [0.2, 0.25) is 0 Å². The Balaban J connectivity index is 1.59. The molecule has 1 aromatic heterocycles. The Morgan fingerprint density at radius 2 is 1.92 bits per heavy atom. The van der Waals surface area contributed by atoms with Crippen molar-refractivity contribution in [3.05, 3.63) is 63.1 Å². The van der Waals surface area contributed by atoms with Crippen molar-refractivity contribution in [3.63, 3.8) is 0 Å². The highest BCUT2D eigenvalue weighted by atomic mass is 19.1. The second-order valence-corrected chi connectivity index (χ2v) is 8.73. The highest BCUT2D eigenvalue weighted by molar-refractivity contribution is 6.00. The molecular formula is C25H24F2N2O10. The Bertz CT molecular complexity index is 1380. The summed E-state index contributed by atoms with van der Waals surface area (Å²) in [4.78, 5) is 63.9. The quantitative estimate of drug-likeness (QED) is 0.258. The summed E-state index contributed by atoms with van der Waals surface area (Å²) >= 11 is 0. The first kappa shape index (κ1) is 27.7. The van der Waals surface area contributed by atoms with Crippen molar-refractivity contribution < 1.29 is 51.6 Å². The molecule has 2 aliphatic heterocycles. The van der Waals surface area contributed by atoms with Crippen LogP contribution in [0.5, 0.6) is 5.75 Å². The molecule has 2 atom stereocenters. The number of aryl methyl sites for hydroxylation is 1. The van der Waals surface area contributed by atoms with Gasteiger partial charge in [-0.25, -0.2) is 18.4 Å². The number of aromatic nitrogens is 1. The zero-order valence-electron chi connectivity index (χ0n) is 20.9. The van der Waals surface area contributed by atoms with E-state index in [9.17, 15) is 32.8 Å². The number of pyridine rings is 1. The predicted octanol–water partition coefficient (Wildman–Crippen LogP) is 1.81. The average molecular weight is 550 g/mol. The van der Waals surface area contributed by atoms with Gasteiger partial charge < -0.3 is 33.2 Å². The molecule has 1 saturated heterocycles. The number of ether oxygens (including phenoxy) is 5. The van der Waals surface area contributed by atoms with Gasteiger partial charge in [-0.05, 0) is 25.0 Å². The van der Waals surface area contributed by atoms with Gasteiger partial charge >= 0.3 is 12.1 Å². The molecule has 39 heavy (non-hydrogen) atoms. The van der Waals surface area contributed by atoms with E-state index < -0.39 is 66.3 Å². The summed E-state index contributed by atoms with van der Waals surface area (Å²) < 4.78 is 53.1. The summed E-state index contributed by atoms with van der Waals surface area (Å²) in [5.41, 5.74) is -1.40. The molecule has 0 saturated carbocycles. The highest BCUT2D eigenvalue weighted by Crippen LogP contribution is 2.30. The Labute approximate surface area is 219 Å². The first-order valence-electron chi connectivity index (χ1n) is 11.8. The number of halogens is 2. The molecular weight excluding hydrogens is 526 g/mol. The van der Waals surface area contributed by atoms with E-state index in [0.29, 0.717) is 6.07 Å². The van der Waals surface area contributed by atoms with Crippen molar-refractivity contribution in [3.8, 4) is 5.75 Å². The van der Waals surface area contributed by atoms with Crippen LogP contribution < -0.4 is 10.2 Å². The summed E-state index contributed by atoms with van der Waals surface area (Å²) in [5, 5.41) is 0. The molecule has 1 aromatic carbocycles. The number of carbonyl (C=O) groups excluding carboxylic acids is 4. The highest BCUT2D eigenvalue weighted by Gasteiger charge is 2.43. The van der Waals surface area contributed by atoms with Gasteiger partial charge in [0.1, 0.15) is 11.6 Å². The zero-order valence-corrected chi connectivity index (χ0v) is 20.9. The molecule has 14 heteroatoms. The van der Waals surface area contributed by atoms with Gasteiger partial charge in [0, 0.05) is 18.7 Å². The van der Waals surface area contributed by atoms with Gasteiger partial charge in [-0.1, -0.05) is 6.07 Å². The minimum Gasteiger partial charge on any atom is -0.466 e. The van der Waals surface area contributed by atoms with Crippen molar-refractivity contribution in [2.45, 2.75) is 38.6 Å².